The lowest BCUT2D eigenvalue weighted by Gasteiger charge is -1.79. The molecule has 0 aliphatic heterocycles. The molecule has 0 fully saturated rings. The van der Waals surface area contributed by atoms with Gasteiger partial charge >= 0.3 is 0 Å². The van der Waals surface area contributed by atoms with Gasteiger partial charge in [0.1, 0.15) is 0 Å². The highest BCUT2D eigenvalue weighted by Crippen LogP contribution is 2.12. The number of rotatable bonds is 0. The fourth-order valence-electron chi connectivity index (χ4n) is 0. The van der Waals surface area contributed by atoms with Crippen LogP contribution in [-0.2, 0) is 0 Å². The smallest absolute Gasteiger partial charge is 0.161 e. The molecule has 6 heavy (non-hydrogen) atoms. The number of hydrogen-bond acceptors (Lipinski definition) is 2. The largest absolute Gasteiger partial charge is 0.350 e. The van der Waals surface area contributed by atoms with Crippen molar-refractivity contribution >= 4 is 8.38 Å². The van der Waals surface area contributed by atoms with E-state index in [4.69, 9.17) is 9.79 Å². The average molecular weight is 120 g/mol. The topological polar surface area (TPSA) is 40.5 Å². The minimum atomic E-state index is -1.62. The molecule has 5 heteroatoms. The van der Waals surface area contributed by atoms with Crippen LogP contribution >= 0.6 is 8.38 Å². The normalized spacial score (nSPS) is 6.00. The van der Waals surface area contributed by atoms with E-state index in [0.717, 1.165) is 0 Å². The van der Waals surface area contributed by atoms with E-state index < -0.39 is 8.38 Å². The second-order valence-electron chi connectivity index (χ2n) is 0.489. The fraction of sp³-hybridized carbons (Fsp3) is 1.00. The van der Waals surface area contributed by atoms with Gasteiger partial charge in [0.05, 0.1) is 0 Å². The maximum absolute atomic E-state index is 7.68. The van der Waals surface area contributed by atoms with E-state index >= 15 is 0 Å². The molecule has 0 saturated carbocycles. The van der Waals surface area contributed by atoms with Gasteiger partial charge in [-0.1, -0.05) is 0 Å². The SMILES string of the molecule is CP(O)O.F.F. The maximum Gasteiger partial charge on any atom is 0.161 e. The highest BCUT2D eigenvalue weighted by atomic mass is 31.2. The Morgan fingerprint density at radius 3 is 1.17 bits per heavy atom. The maximum atomic E-state index is 7.68. The van der Waals surface area contributed by atoms with Gasteiger partial charge in [0.25, 0.3) is 0 Å². The summed E-state index contributed by atoms with van der Waals surface area (Å²) in [5.74, 6) is 0. The van der Waals surface area contributed by atoms with E-state index in [9.17, 15) is 0 Å². The fourth-order valence-corrected chi connectivity index (χ4v) is 0. The zero-order chi connectivity index (χ0) is 3.58. The summed E-state index contributed by atoms with van der Waals surface area (Å²) in [4.78, 5) is 15.4. The molecule has 0 spiro atoms. The second kappa shape index (κ2) is 8.96. The van der Waals surface area contributed by atoms with Crippen molar-refractivity contribution in [1.29, 1.82) is 0 Å². The first-order valence-corrected chi connectivity index (χ1v) is 2.54. The van der Waals surface area contributed by atoms with Gasteiger partial charge in [0, 0.05) is 6.66 Å². The Labute approximate surface area is 35.5 Å². The summed E-state index contributed by atoms with van der Waals surface area (Å²) in [7, 11) is -1.62. The molecule has 0 aromatic heterocycles. The molecule has 0 saturated heterocycles. The van der Waals surface area contributed by atoms with E-state index in [1.54, 1.807) is 0 Å². The molecule has 2 nitrogen and oxygen atoms in total. The molecular formula is CH7F2O2P. The van der Waals surface area contributed by atoms with Gasteiger partial charge in [-0.15, -0.1) is 0 Å². The Morgan fingerprint density at radius 1 is 1.17 bits per heavy atom. The first-order chi connectivity index (χ1) is 1.73. The van der Waals surface area contributed by atoms with Gasteiger partial charge in [-0.05, 0) is 0 Å². The molecule has 0 unspecified atom stereocenters. The summed E-state index contributed by atoms with van der Waals surface area (Å²) in [6.07, 6.45) is 0. The molecule has 0 bridgehead atoms. The molecule has 42 valence electrons. The minimum Gasteiger partial charge on any atom is -0.350 e. The molecule has 0 amide bonds. The van der Waals surface area contributed by atoms with Crippen LogP contribution in [-0.4, -0.2) is 16.5 Å². The molecule has 0 radical (unpaired) electrons. The van der Waals surface area contributed by atoms with Crippen LogP contribution < -0.4 is 0 Å². The number of hydrogen-bond donors (Lipinski definition) is 2. The van der Waals surface area contributed by atoms with E-state index in [0.29, 0.717) is 0 Å². The summed E-state index contributed by atoms with van der Waals surface area (Å²) >= 11 is 0. The average Bonchev–Trinajstić information content (AvgIpc) is 0.811. The quantitative estimate of drug-likeness (QED) is 0.449. The minimum absolute atomic E-state index is 0. The molecule has 0 aliphatic rings. The van der Waals surface area contributed by atoms with Crippen LogP contribution in [0.2, 0.25) is 0 Å². The standard InChI is InChI=1S/CH5O2P.2FH/c1-4(2)3;;/h2-3H,1H3;2*1H. The van der Waals surface area contributed by atoms with Gasteiger partial charge < -0.3 is 9.79 Å². The highest BCUT2D eigenvalue weighted by molar-refractivity contribution is 7.44. The summed E-state index contributed by atoms with van der Waals surface area (Å²) in [5.41, 5.74) is 0. The summed E-state index contributed by atoms with van der Waals surface area (Å²) < 4.78 is 0. The highest BCUT2D eigenvalue weighted by Gasteiger charge is 1.72. The van der Waals surface area contributed by atoms with Crippen LogP contribution in [0, 0.1) is 0 Å². The third-order valence-corrected chi connectivity index (χ3v) is 0. The molecule has 0 rings (SSSR count). The van der Waals surface area contributed by atoms with E-state index in [1.807, 2.05) is 0 Å². The Balaban J connectivity index is -0.0000000450. The monoisotopic (exact) mass is 120 g/mol. The van der Waals surface area contributed by atoms with Gasteiger partial charge in [-0.3, -0.25) is 9.41 Å². The Morgan fingerprint density at radius 2 is 1.17 bits per heavy atom. The van der Waals surface area contributed by atoms with Crippen molar-refractivity contribution in [1.82, 2.24) is 0 Å². The molecule has 0 aliphatic carbocycles. The van der Waals surface area contributed by atoms with Crippen LogP contribution in [0.25, 0.3) is 0 Å². The lowest BCUT2D eigenvalue weighted by atomic mass is 12.0. The van der Waals surface area contributed by atoms with Gasteiger partial charge in [-0.25, -0.2) is 0 Å². The molecule has 0 aromatic rings. The van der Waals surface area contributed by atoms with Gasteiger partial charge in [-0.2, -0.15) is 0 Å². The number of halogens is 2. The lowest BCUT2D eigenvalue weighted by Crippen LogP contribution is -1.52. The lowest BCUT2D eigenvalue weighted by molar-refractivity contribution is 0.491. The zero-order valence-corrected chi connectivity index (χ0v) is 4.05. The van der Waals surface area contributed by atoms with Crippen LogP contribution in [0.5, 0.6) is 0 Å². The van der Waals surface area contributed by atoms with Crippen LogP contribution in [0.4, 0.5) is 9.41 Å². The molecular weight excluding hydrogens is 113 g/mol. The van der Waals surface area contributed by atoms with Crippen molar-refractivity contribution < 1.29 is 19.2 Å². The predicted octanol–water partition coefficient (Wildman–Crippen LogP) is 0.218. The van der Waals surface area contributed by atoms with Crippen molar-refractivity contribution in [2.45, 2.75) is 0 Å². The van der Waals surface area contributed by atoms with Crippen LogP contribution in [0.1, 0.15) is 0 Å². The third-order valence-electron chi connectivity index (χ3n) is 0. The van der Waals surface area contributed by atoms with E-state index in [1.165, 1.54) is 6.66 Å². The molecule has 0 atom stereocenters. The van der Waals surface area contributed by atoms with Gasteiger partial charge in [0.15, 0.2) is 8.38 Å². The molecule has 2 N–H and O–H groups in total. The van der Waals surface area contributed by atoms with Crippen molar-refractivity contribution in [2.75, 3.05) is 6.66 Å². The van der Waals surface area contributed by atoms with E-state index in [2.05, 4.69) is 0 Å². The van der Waals surface area contributed by atoms with Crippen molar-refractivity contribution in [3.63, 3.8) is 0 Å². The van der Waals surface area contributed by atoms with Crippen LogP contribution in [0.15, 0.2) is 0 Å². The van der Waals surface area contributed by atoms with Crippen molar-refractivity contribution in [3.05, 3.63) is 0 Å². The molecule has 0 heterocycles. The second-order valence-corrected chi connectivity index (χ2v) is 1.47. The van der Waals surface area contributed by atoms with Crippen molar-refractivity contribution in [2.24, 2.45) is 0 Å². The van der Waals surface area contributed by atoms with Crippen LogP contribution in [0.3, 0.4) is 0 Å². The summed E-state index contributed by atoms with van der Waals surface area (Å²) in [6, 6.07) is 0. The Kier molecular flexibility index (Phi) is 24.4. The first kappa shape index (κ1) is 16.4. The Bertz CT molecular complexity index is 16.3. The van der Waals surface area contributed by atoms with E-state index in [-0.39, 0.29) is 9.41 Å². The first-order valence-electron chi connectivity index (χ1n) is 0.847. The molecule has 0 aromatic carbocycles. The summed E-state index contributed by atoms with van der Waals surface area (Å²) in [6.45, 7) is 1.34. The van der Waals surface area contributed by atoms with Crippen molar-refractivity contribution in [3.8, 4) is 0 Å². The Hall–Kier alpha value is 0.210. The zero-order valence-electron chi connectivity index (χ0n) is 3.16. The third kappa shape index (κ3) is 984. The summed E-state index contributed by atoms with van der Waals surface area (Å²) in [5, 5.41) is 0. The van der Waals surface area contributed by atoms with Gasteiger partial charge in [0.2, 0.25) is 0 Å². The predicted molar refractivity (Wildman–Crippen MR) is 22.3 cm³/mol.